The SMILES string of the molecule is Cc1c(NC(=O)c2ccc(C(C)(C)O)cc2)cccc1B1OC(C)(C)C(C)(C)O1. The Hall–Kier alpha value is -2.15. The molecule has 0 unspecified atom stereocenters. The molecular weight excluding hydrogens is 365 g/mol. The van der Waals surface area contributed by atoms with Crippen LogP contribution in [-0.4, -0.2) is 29.3 Å². The van der Waals surface area contributed by atoms with E-state index in [1.54, 1.807) is 38.1 Å². The molecule has 1 aliphatic rings. The lowest BCUT2D eigenvalue weighted by Crippen LogP contribution is -2.41. The van der Waals surface area contributed by atoms with E-state index in [-0.39, 0.29) is 5.91 Å². The van der Waals surface area contributed by atoms with Gasteiger partial charge in [-0.05, 0) is 83.3 Å². The van der Waals surface area contributed by atoms with Gasteiger partial charge in [-0.3, -0.25) is 4.79 Å². The standard InChI is InChI=1S/C23H30BNO4/c1-15-18(24-28-22(4,5)23(6,7)29-24)9-8-10-19(15)25-20(26)16-11-13-17(14-12-16)21(2,3)27/h8-14,27H,1-7H3,(H,25,26). The van der Waals surface area contributed by atoms with Crippen molar-refractivity contribution in [2.75, 3.05) is 5.32 Å². The molecule has 154 valence electrons. The zero-order valence-corrected chi connectivity index (χ0v) is 18.3. The second kappa shape index (κ2) is 7.28. The van der Waals surface area contributed by atoms with Crippen LogP contribution in [0.1, 0.15) is 63.0 Å². The van der Waals surface area contributed by atoms with Gasteiger partial charge in [-0.2, -0.15) is 0 Å². The highest BCUT2D eigenvalue weighted by atomic mass is 16.7. The molecule has 1 amide bonds. The zero-order chi connectivity index (χ0) is 21.6. The van der Waals surface area contributed by atoms with Gasteiger partial charge >= 0.3 is 7.12 Å². The number of hydrogen-bond donors (Lipinski definition) is 2. The minimum absolute atomic E-state index is 0.207. The van der Waals surface area contributed by atoms with E-state index in [0.29, 0.717) is 11.3 Å². The molecule has 0 spiro atoms. The third-order valence-electron chi connectivity index (χ3n) is 5.98. The number of nitrogens with one attached hydrogen (secondary N) is 1. The highest BCUT2D eigenvalue weighted by Crippen LogP contribution is 2.37. The van der Waals surface area contributed by atoms with Crippen LogP contribution in [0.25, 0.3) is 0 Å². The van der Waals surface area contributed by atoms with Gasteiger partial charge in [-0.1, -0.05) is 24.3 Å². The molecule has 0 radical (unpaired) electrons. The quantitative estimate of drug-likeness (QED) is 0.774. The average Bonchev–Trinajstić information content (AvgIpc) is 2.83. The minimum atomic E-state index is -0.942. The number of carbonyl (C=O) groups is 1. The van der Waals surface area contributed by atoms with Gasteiger partial charge in [0, 0.05) is 11.3 Å². The van der Waals surface area contributed by atoms with Crippen LogP contribution in [0.15, 0.2) is 42.5 Å². The summed E-state index contributed by atoms with van der Waals surface area (Å²) in [5.74, 6) is -0.207. The zero-order valence-electron chi connectivity index (χ0n) is 18.3. The van der Waals surface area contributed by atoms with E-state index in [2.05, 4.69) is 5.32 Å². The van der Waals surface area contributed by atoms with Crippen LogP contribution in [0.4, 0.5) is 5.69 Å². The summed E-state index contributed by atoms with van der Waals surface area (Å²) in [5, 5.41) is 13.1. The van der Waals surface area contributed by atoms with Crippen LogP contribution in [0.5, 0.6) is 0 Å². The van der Waals surface area contributed by atoms with Gasteiger partial charge < -0.3 is 19.7 Å². The maximum atomic E-state index is 12.7. The van der Waals surface area contributed by atoms with Crippen molar-refractivity contribution in [1.29, 1.82) is 0 Å². The number of benzene rings is 2. The molecule has 29 heavy (non-hydrogen) atoms. The van der Waals surface area contributed by atoms with Crippen molar-refractivity contribution < 1.29 is 19.2 Å². The number of amides is 1. The Morgan fingerprint density at radius 2 is 1.55 bits per heavy atom. The molecule has 1 saturated heterocycles. The Morgan fingerprint density at radius 3 is 2.07 bits per heavy atom. The smallest absolute Gasteiger partial charge is 0.399 e. The summed E-state index contributed by atoms with van der Waals surface area (Å²) in [6.07, 6.45) is 0. The molecule has 3 rings (SSSR count). The van der Waals surface area contributed by atoms with E-state index in [1.807, 2.05) is 52.8 Å². The van der Waals surface area contributed by atoms with Crippen molar-refractivity contribution >= 4 is 24.2 Å². The second-order valence-electron chi connectivity index (χ2n) is 9.20. The maximum Gasteiger partial charge on any atom is 0.495 e. The van der Waals surface area contributed by atoms with E-state index >= 15 is 0 Å². The lowest BCUT2D eigenvalue weighted by Gasteiger charge is -2.32. The second-order valence-corrected chi connectivity index (χ2v) is 9.20. The molecule has 2 aromatic carbocycles. The van der Waals surface area contributed by atoms with Crippen LogP contribution < -0.4 is 10.8 Å². The van der Waals surface area contributed by atoms with Crippen LogP contribution >= 0.6 is 0 Å². The van der Waals surface area contributed by atoms with Gasteiger partial charge in [0.25, 0.3) is 5.91 Å². The topological polar surface area (TPSA) is 67.8 Å². The highest BCUT2D eigenvalue weighted by Gasteiger charge is 2.52. The molecule has 6 heteroatoms. The Bertz CT molecular complexity index is 897. The summed E-state index contributed by atoms with van der Waals surface area (Å²) in [4.78, 5) is 12.7. The van der Waals surface area contributed by atoms with Gasteiger partial charge in [-0.25, -0.2) is 0 Å². The third-order valence-corrected chi connectivity index (χ3v) is 5.98. The summed E-state index contributed by atoms with van der Waals surface area (Å²) in [7, 11) is -0.483. The van der Waals surface area contributed by atoms with Crippen LogP contribution in [0.3, 0.4) is 0 Å². The lowest BCUT2D eigenvalue weighted by atomic mass is 9.76. The van der Waals surface area contributed by atoms with Gasteiger partial charge in [-0.15, -0.1) is 0 Å². The van der Waals surface area contributed by atoms with Crippen molar-refractivity contribution in [3.05, 3.63) is 59.2 Å². The van der Waals surface area contributed by atoms with Gasteiger partial charge in [0.2, 0.25) is 0 Å². The molecular formula is C23H30BNO4. The molecule has 0 aromatic heterocycles. The molecule has 2 aromatic rings. The predicted octanol–water partition coefficient (Wildman–Crippen LogP) is 3.77. The number of hydrogen-bond acceptors (Lipinski definition) is 4. The number of rotatable bonds is 4. The summed E-state index contributed by atoms with van der Waals surface area (Å²) in [6.45, 7) is 13.5. The molecule has 0 bridgehead atoms. The summed E-state index contributed by atoms with van der Waals surface area (Å²) >= 11 is 0. The molecule has 0 atom stereocenters. The number of anilines is 1. The normalized spacial score (nSPS) is 18.0. The Morgan fingerprint density at radius 1 is 1.00 bits per heavy atom. The first-order valence-electron chi connectivity index (χ1n) is 9.91. The van der Waals surface area contributed by atoms with Crippen LogP contribution in [0.2, 0.25) is 0 Å². The van der Waals surface area contributed by atoms with Crippen molar-refractivity contribution in [2.24, 2.45) is 0 Å². The van der Waals surface area contributed by atoms with E-state index < -0.39 is 23.9 Å². The fraction of sp³-hybridized carbons (Fsp3) is 0.435. The minimum Gasteiger partial charge on any atom is -0.399 e. The summed E-state index contributed by atoms with van der Waals surface area (Å²) in [6, 6.07) is 12.7. The summed E-state index contributed by atoms with van der Waals surface area (Å²) < 4.78 is 12.3. The monoisotopic (exact) mass is 395 g/mol. The van der Waals surface area contributed by atoms with Gasteiger partial charge in [0.15, 0.2) is 0 Å². The van der Waals surface area contributed by atoms with Crippen molar-refractivity contribution in [1.82, 2.24) is 0 Å². The summed E-state index contributed by atoms with van der Waals surface area (Å²) in [5.41, 5.74) is 2.02. The van der Waals surface area contributed by atoms with Crippen LogP contribution in [-0.2, 0) is 14.9 Å². The molecule has 0 saturated carbocycles. The van der Waals surface area contributed by atoms with Crippen LogP contribution in [0, 0.1) is 6.92 Å². The predicted molar refractivity (Wildman–Crippen MR) is 117 cm³/mol. The average molecular weight is 395 g/mol. The Kier molecular flexibility index (Phi) is 5.41. The van der Waals surface area contributed by atoms with E-state index in [9.17, 15) is 9.90 Å². The maximum absolute atomic E-state index is 12.7. The Balaban J connectivity index is 1.81. The van der Waals surface area contributed by atoms with E-state index in [0.717, 1.165) is 16.6 Å². The van der Waals surface area contributed by atoms with E-state index in [1.165, 1.54) is 0 Å². The fourth-order valence-corrected chi connectivity index (χ4v) is 3.24. The fourth-order valence-electron chi connectivity index (χ4n) is 3.24. The largest absolute Gasteiger partial charge is 0.495 e. The molecule has 2 N–H and O–H groups in total. The first kappa shape index (κ1) is 21.6. The lowest BCUT2D eigenvalue weighted by molar-refractivity contribution is 0.00578. The van der Waals surface area contributed by atoms with Gasteiger partial charge in [0.1, 0.15) is 0 Å². The van der Waals surface area contributed by atoms with Crippen molar-refractivity contribution in [3.63, 3.8) is 0 Å². The molecule has 1 fully saturated rings. The number of carbonyl (C=O) groups excluding carboxylic acids is 1. The molecule has 0 aliphatic carbocycles. The first-order valence-corrected chi connectivity index (χ1v) is 9.91. The van der Waals surface area contributed by atoms with Crippen molar-refractivity contribution in [3.8, 4) is 0 Å². The first-order chi connectivity index (χ1) is 13.3. The number of aliphatic hydroxyl groups is 1. The molecule has 1 aliphatic heterocycles. The molecule has 1 heterocycles. The van der Waals surface area contributed by atoms with Crippen molar-refractivity contribution in [2.45, 2.75) is 65.3 Å². The highest BCUT2D eigenvalue weighted by molar-refractivity contribution is 6.62. The van der Waals surface area contributed by atoms with E-state index in [4.69, 9.17) is 9.31 Å². The third kappa shape index (κ3) is 4.25. The Labute approximate surface area is 173 Å². The van der Waals surface area contributed by atoms with Gasteiger partial charge in [0.05, 0.1) is 16.8 Å². The molecule has 5 nitrogen and oxygen atoms in total.